The van der Waals surface area contributed by atoms with E-state index in [4.69, 9.17) is 0 Å². The fraction of sp³-hybridized carbons (Fsp3) is 0.667. The van der Waals surface area contributed by atoms with Crippen molar-refractivity contribution >= 4 is 5.91 Å². The fourth-order valence-electron chi connectivity index (χ4n) is 4.39. The third kappa shape index (κ3) is 3.66. The van der Waals surface area contributed by atoms with Crippen molar-refractivity contribution in [1.82, 2.24) is 4.90 Å². The Kier molecular flexibility index (Phi) is 5.00. The first-order chi connectivity index (χ1) is 11.4. The third-order valence-electron chi connectivity index (χ3n) is 5.77. The number of carbonyl (C=O) groups is 1. The maximum Gasteiger partial charge on any atom is 0.225 e. The number of likely N-dealkylation sites (tertiary alicyclic amines) is 1. The molecule has 3 rings (SSSR count). The molecule has 1 saturated carbocycles. The van der Waals surface area contributed by atoms with Crippen molar-refractivity contribution < 1.29 is 9.90 Å². The van der Waals surface area contributed by atoms with Gasteiger partial charge in [-0.25, -0.2) is 0 Å². The van der Waals surface area contributed by atoms with Crippen LogP contribution in [0.3, 0.4) is 0 Å². The molecule has 0 unspecified atom stereocenters. The number of hydrogen-bond donors (Lipinski definition) is 1. The summed E-state index contributed by atoms with van der Waals surface area (Å²) < 4.78 is 0. The normalized spacial score (nSPS) is 25.9. The van der Waals surface area contributed by atoms with Crippen LogP contribution in [-0.4, -0.2) is 35.1 Å². The van der Waals surface area contributed by atoms with Crippen LogP contribution in [0, 0.1) is 5.92 Å². The quantitative estimate of drug-likeness (QED) is 0.895. The molecule has 132 valence electrons. The highest BCUT2D eigenvalue weighted by atomic mass is 16.3. The largest absolute Gasteiger partial charge is 0.393 e. The second kappa shape index (κ2) is 6.87. The number of aliphatic hydroxyl groups excluding tert-OH is 1. The highest BCUT2D eigenvalue weighted by molar-refractivity contribution is 5.79. The Labute approximate surface area is 146 Å². The number of rotatable bonds is 2. The van der Waals surface area contributed by atoms with Gasteiger partial charge in [0.1, 0.15) is 0 Å². The molecular weight excluding hydrogens is 298 g/mol. The predicted molar refractivity (Wildman–Crippen MR) is 97.0 cm³/mol. The summed E-state index contributed by atoms with van der Waals surface area (Å²) in [6.07, 6.45) is 4.13. The molecule has 1 N–H and O–H groups in total. The SMILES string of the molecule is CC(C)(C)c1ccccc1C1CCN(C(=O)[C@H]2CC[C@H](O)C2)CC1. The molecule has 3 nitrogen and oxygen atoms in total. The fourth-order valence-corrected chi connectivity index (χ4v) is 4.39. The molecule has 1 aromatic carbocycles. The maximum absolute atomic E-state index is 12.6. The molecule has 0 radical (unpaired) electrons. The minimum Gasteiger partial charge on any atom is -0.393 e. The van der Waals surface area contributed by atoms with Crippen molar-refractivity contribution in [2.75, 3.05) is 13.1 Å². The highest BCUT2D eigenvalue weighted by Gasteiger charge is 2.34. The van der Waals surface area contributed by atoms with Crippen molar-refractivity contribution in [2.45, 2.75) is 70.3 Å². The average molecular weight is 329 g/mol. The minimum absolute atomic E-state index is 0.0541. The number of aliphatic hydroxyl groups is 1. The van der Waals surface area contributed by atoms with E-state index in [0.29, 0.717) is 12.3 Å². The summed E-state index contributed by atoms with van der Waals surface area (Å²) in [5.41, 5.74) is 3.06. The molecule has 1 aliphatic heterocycles. The van der Waals surface area contributed by atoms with Gasteiger partial charge >= 0.3 is 0 Å². The molecule has 1 aliphatic carbocycles. The van der Waals surface area contributed by atoms with Crippen molar-refractivity contribution in [3.63, 3.8) is 0 Å². The molecule has 0 aromatic heterocycles. The van der Waals surface area contributed by atoms with Crippen LogP contribution >= 0.6 is 0 Å². The van der Waals surface area contributed by atoms with Crippen molar-refractivity contribution in [1.29, 1.82) is 0 Å². The second-order valence-corrected chi connectivity index (χ2v) is 8.60. The summed E-state index contributed by atoms with van der Waals surface area (Å²) in [7, 11) is 0. The van der Waals surface area contributed by atoms with Gasteiger partial charge in [0.25, 0.3) is 0 Å². The summed E-state index contributed by atoms with van der Waals surface area (Å²) in [4.78, 5) is 14.7. The zero-order valence-electron chi connectivity index (χ0n) is 15.3. The Morgan fingerprint density at radius 1 is 1.08 bits per heavy atom. The summed E-state index contributed by atoms with van der Waals surface area (Å²) in [6.45, 7) is 8.53. The van der Waals surface area contributed by atoms with Crippen LogP contribution in [0.25, 0.3) is 0 Å². The Morgan fingerprint density at radius 3 is 2.33 bits per heavy atom. The number of hydrogen-bond acceptors (Lipinski definition) is 2. The van der Waals surface area contributed by atoms with Gasteiger partial charge in [-0.2, -0.15) is 0 Å². The van der Waals surface area contributed by atoms with Gasteiger partial charge in [0.05, 0.1) is 6.10 Å². The predicted octanol–water partition coefficient (Wildman–Crippen LogP) is 3.85. The van der Waals surface area contributed by atoms with Gasteiger partial charge in [0.2, 0.25) is 5.91 Å². The molecule has 2 atom stereocenters. The van der Waals surface area contributed by atoms with E-state index in [0.717, 1.165) is 38.8 Å². The molecular formula is C21H31NO2. The Morgan fingerprint density at radius 2 is 1.75 bits per heavy atom. The van der Waals surface area contributed by atoms with E-state index in [1.165, 1.54) is 11.1 Å². The zero-order valence-corrected chi connectivity index (χ0v) is 15.3. The van der Waals surface area contributed by atoms with E-state index in [1.54, 1.807) is 0 Å². The van der Waals surface area contributed by atoms with Crippen LogP contribution in [-0.2, 0) is 10.2 Å². The molecule has 1 aromatic rings. The third-order valence-corrected chi connectivity index (χ3v) is 5.77. The smallest absolute Gasteiger partial charge is 0.225 e. The monoisotopic (exact) mass is 329 g/mol. The second-order valence-electron chi connectivity index (χ2n) is 8.60. The molecule has 0 bridgehead atoms. The molecule has 2 aliphatic rings. The molecule has 24 heavy (non-hydrogen) atoms. The zero-order chi connectivity index (χ0) is 17.3. The van der Waals surface area contributed by atoms with E-state index >= 15 is 0 Å². The van der Waals surface area contributed by atoms with Crippen LogP contribution in [0.15, 0.2) is 24.3 Å². The number of benzene rings is 1. The van der Waals surface area contributed by atoms with Crippen molar-refractivity contribution in [3.8, 4) is 0 Å². The summed E-state index contributed by atoms with van der Waals surface area (Å²) in [5.74, 6) is 0.881. The van der Waals surface area contributed by atoms with E-state index < -0.39 is 0 Å². The van der Waals surface area contributed by atoms with Gasteiger partial charge in [-0.1, -0.05) is 45.0 Å². The lowest BCUT2D eigenvalue weighted by molar-refractivity contribution is -0.136. The Bertz CT molecular complexity index is 582. The first kappa shape index (κ1) is 17.5. The first-order valence-corrected chi connectivity index (χ1v) is 9.42. The van der Waals surface area contributed by atoms with E-state index in [2.05, 4.69) is 45.0 Å². The van der Waals surface area contributed by atoms with Crippen LogP contribution in [0.1, 0.15) is 69.9 Å². The van der Waals surface area contributed by atoms with Crippen molar-refractivity contribution in [2.24, 2.45) is 5.92 Å². The van der Waals surface area contributed by atoms with Gasteiger partial charge in [0, 0.05) is 19.0 Å². The van der Waals surface area contributed by atoms with E-state index in [9.17, 15) is 9.90 Å². The summed E-state index contributed by atoms with van der Waals surface area (Å²) in [6, 6.07) is 8.80. The number of nitrogens with zero attached hydrogens (tertiary/aromatic N) is 1. The topological polar surface area (TPSA) is 40.5 Å². The molecule has 1 saturated heterocycles. The average Bonchev–Trinajstić information content (AvgIpc) is 3.00. The molecule has 0 spiro atoms. The molecule has 2 fully saturated rings. The number of amides is 1. The highest BCUT2D eigenvalue weighted by Crippen LogP contribution is 2.36. The lowest BCUT2D eigenvalue weighted by atomic mass is 9.77. The molecule has 3 heteroatoms. The first-order valence-electron chi connectivity index (χ1n) is 9.42. The van der Waals surface area contributed by atoms with Crippen LogP contribution < -0.4 is 0 Å². The van der Waals surface area contributed by atoms with Gasteiger partial charge in [-0.15, -0.1) is 0 Å². The van der Waals surface area contributed by atoms with Gasteiger partial charge in [-0.3, -0.25) is 4.79 Å². The van der Waals surface area contributed by atoms with Crippen LogP contribution in [0.2, 0.25) is 0 Å². The lowest BCUT2D eigenvalue weighted by Gasteiger charge is -2.36. The lowest BCUT2D eigenvalue weighted by Crippen LogP contribution is -2.41. The maximum atomic E-state index is 12.6. The number of carbonyl (C=O) groups excluding carboxylic acids is 1. The van der Waals surface area contributed by atoms with Crippen LogP contribution in [0.4, 0.5) is 0 Å². The summed E-state index contributed by atoms with van der Waals surface area (Å²) in [5, 5.41) is 9.67. The minimum atomic E-state index is -0.268. The standard InChI is InChI=1S/C21H31NO2/c1-21(2,3)19-7-5-4-6-18(19)15-10-12-22(13-11-15)20(24)16-8-9-17(23)14-16/h4-7,15-17,23H,8-14H2,1-3H3/t16-,17-/m0/s1. The van der Waals surface area contributed by atoms with Gasteiger partial charge in [0.15, 0.2) is 0 Å². The van der Waals surface area contributed by atoms with Gasteiger partial charge in [-0.05, 0) is 54.6 Å². The molecule has 1 amide bonds. The Balaban J connectivity index is 1.65. The molecule has 1 heterocycles. The van der Waals surface area contributed by atoms with E-state index in [1.807, 2.05) is 4.90 Å². The van der Waals surface area contributed by atoms with Crippen molar-refractivity contribution in [3.05, 3.63) is 35.4 Å². The Hall–Kier alpha value is -1.35. The summed E-state index contributed by atoms with van der Waals surface area (Å²) >= 11 is 0. The van der Waals surface area contributed by atoms with E-state index in [-0.39, 0.29) is 23.3 Å². The van der Waals surface area contributed by atoms with Crippen LogP contribution in [0.5, 0.6) is 0 Å². The number of piperidine rings is 1. The van der Waals surface area contributed by atoms with Gasteiger partial charge < -0.3 is 10.0 Å².